The fraction of sp³-hybridized carbons (Fsp3) is 0.435. The smallest absolute Gasteiger partial charge is 0.226 e. The number of rotatable bonds is 3. The van der Waals surface area contributed by atoms with Crippen molar-refractivity contribution in [3.8, 4) is 0 Å². The number of anilines is 2. The first-order valence-corrected chi connectivity index (χ1v) is 12.8. The van der Waals surface area contributed by atoms with Crippen LogP contribution in [0, 0.1) is 5.92 Å². The van der Waals surface area contributed by atoms with E-state index in [4.69, 9.17) is 4.74 Å². The molecular formula is C23H24N6O2S2. The summed E-state index contributed by atoms with van der Waals surface area (Å²) in [7, 11) is 0. The van der Waals surface area contributed by atoms with Crippen LogP contribution in [0.5, 0.6) is 0 Å². The highest BCUT2D eigenvalue weighted by atomic mass is 32.1. The van der Waals surface area contributed by atoms with Crippen LogP contribution >= 0.6 is 22.9 Å². The van der Waals surface area contributed by atoms with Gasteiger partial charge in [-0.1, -0.05) is 4.49 Å². The van der Waals surface area contributed by atoms with Crippen LogP contribution in [-0.4, -0.2) is 55.7 Å². The summed E-state index contributed by atoms with van der Waals surface area (Å²) in [6.45, 7) is 5.44. The molecule has 4 aromatic rings. The molecule has 2 aliphatic rings. The van der Waals surface area contributed by atoms with Crippen molar-refractivity contribution < 1.29 is 9.53 Å². The lowest BCUT2D eigenvalue weighted by atomic mass is 9.86. The number of aryl methyl sites for hydroxylation is 1. The van der Waals surface area contributed by atoms with Crippen molar-refractivity contribution in [1.29, 1.82) is 0 Å². The van der Waals surface area contributed by atoms with Gasteiger partial charge in [-0.3, -0.25) is 4.79 Å². The Hall–Kier alpha value is -2.69. The van der Waals surface area contributed by atoms with Gasteiger partial charge in [0.25, 0.3) is 0 Å². The average Bonchev–Trinajstić information content (AvgIpc) is 3.41. The molecule has 8 nitrogen and oxygen atoms in total. The molecular weight excluding hydrogens is 456 g/mol. The molecule has 1 saturated heterocycles. The highest BCUT2D eigenvalue weighted by Crippen LogP contribution is 2.41. The largest absolute Gasteiger partial charge is 0.372 e. The van der Waals surface area contributed by atoms with Gasteiger partial charge in [-0.05, 0) is 68.4 Å². The van der Waals surface area contributed by atoms with Crippen molar-refractivity contribution in [2.45, 2.75) is 45.3 Å². The number of nitrogens with zero attached hydrogens (tertiary/aromatic N) is 5. The van der Waals surface area contributed by atoms with Gasteiger partial charge < -0.3 is 15.0 Å². The predicted octanol–water partition coefficient (Wildman–Crippen LogP) is 4.18. The first-order chi connectivity index (χ1) is 16.0. The van der Waals surface area contributed by atoms with Crippen molar-refractivity contribution in [1.82, 2.24) is 24.5 Å². The molecule has 0 unspecified atom stereocenters. The molecule has 0 bridgehead atoms. The molecule has 3 atom stereocenters. The van der Waals surface area contributed by atoms with Crippen LogP contribution in [0.1, 0.15) is 30.7 Å². The molecule has 1 fully saturated rings. The van der Waals surface area contributed by atoms with Gasteiger partial charge >= 0.3 is 0 Å². The van der Waals surface area contributed by atoms with E-state index in [0.29, 0.717) is 13.1 Å². The number of aromatic nitrogens is 4. The minimum absolute atomic E-state index is 0.0219. The number of ether oxygens (including phenoxy) is 1. The van der Waals surface area contributed by atoms with Crippen molar-refractivity contribution >= 4 is 60.7 Å². The number of carbonyl (C=O) groups excluding carboxylic acids is 1. The van der Waals surface area contributed by atoms with Crippen molar-refractivity contribution in [2.24, 2.45) is 5.92 Å². The van der Waals surface area contributed by atoms with Crippen molar-refractivity contribution in [3.05, 3.63) is 35.0 Å². The Kier molecular flexibility index (Phi) is 5.23. The second kappa shape index (κ2) is 8.27. The predicted molar refractivity (Wildman–Crippen MR) is 130 cm³/mol. The molecule has 1 aliphatic heterocycles. The van der Waals surface area contributed by atoms with E-state index in [1.165, 1.54) is 22.0 Å². The fourth-order valence-corrected chi connectivity index (χ4v) is 6.89. The molecule has 0 radical (unpaired) electrons. The van der Waals surface area contributed by atoms with Crippen molar-refractivity contribution in [2.75, 3.05) is 18.4 Å². The number of hydrogen-bond donors (Lipinski definition) is 1. The van der Waals surface area contributed by atoms with Gasteiger partial charge in [-0.2, -0.15) is 0 Å². The van der Waals surface area contributed by atoms with Crippen LogP contribution in [0.3, 0.4) is 0 Å². The molecule has 170 valence electrons. The Bertz CT molecular complexity index is 1340. The summed E-state index contributed by atoms with van der Waals surface area (Å²) in [4.78, 5) is 26.6. The van der Waals surface area contributed by atoms with E-state index >= 15 is 0 Å². The maximum absolute atomic E-state index is 13.3. The molecule has 4 heterocycles. The molecule has 0 saturated carbocycles. The molecule has 1 aromatic carbocycles. The molecule has 3 aromatic heterocycles. The monoisotopic (exact) mass is 480 g/mol. The second-order valence-corrected chi connectivity index (χ2v) is 10.8. The van der Waals surface area contributed by atoms with Crippen LogP contribution in [0.15, 0.2) is 24.5 Å². The Morgan fingerprint density at radius 1 is 1.21 bits per heavy atom. The number of benzene rings is 1. The maximum Gasteiger partial charge on any atom is 0.226 e. The van der Waals surface area contributed by atoms with Crippen LogP contribution in [0.2, 0.25) is 0 Å². The van der Waals surface area contributed by atoms with E-state index in [2.05, 4.69) is 24.9 Å². The Morgan fingerprint density at radius 2 is 2.06 bits per heavy atom. The molecule has 6 rings (SSSR count). The third-order valence-corrected chi connectivity index (χ3v) is 8.29. The SMILES string of the molecule is C[C@@H]1CN(C(=O)[C@H]2CCc3c(sc4ncnc(Nc5ccc6nnsc6c5)c34)C2)C[C@H](C)O1. The zero-order valence-electron chi connectivity index (χ0n) is 18.4. The number of morpholine rings is 1. The third kappa shape index (κ3) is 3.85. The summed E-state index contributed by atoms with van der Waals surface area (Å²) >= 11 is 3.07. The number of hydrogen-bond acceptors (Lipinski definition) is 9. The first kappa shape index (κ1) is 20.9. The third-order valence-electron chi connectivity index (χ3n) is 6.44. The molecule has 10 heteroatoms. The van der Waals surface area contributed by atoms with E-state index in [1.54, 1.807) is 17.7 Å². The fourth-order valence-electron chi connectivity index (χ4n) is 5.02. The van der Waals surface area contributed by atoms with Crippen LogP contribution < -0.4 is 5.32 Å². The van der Waals surface area contributed by atoms with Gasteiger partial charge in [-0.15, -0.1) is 16.4 Å². The van der Waals surface area contributed by atoms with Gasteiger partial charge in [0.05, 0.1) is 22.3 Å². The summed E-state index contributed by atoms with van der Waals surface area (Å²) in [6, 6.07) is 6.01. The number of carbonyl (C=O) groups is 1. The number of thiophene rings is 1. The summed E-state index contributed by atoms with van der Waals surface area (Å²) in [5.41, 5.74) is 3.13. The minimum Gasteiger partial charge on any atom is -0.372 e. The summed E-state index contributed by atoms with van der Waals surface area (Å²) in [5.74, 6) is 1.10. The number of amides is 1. The molecule has 0 spiro atoms. The molecule has 33 heavy (non-hydrogen) atoms. The van der Waals surface area contributed by atoms with E-state index in [0.717, 1.165) is 51.2 Å². The number of nitrogens with one attached hydrogen (secondary N) is 1. The van der Waals surface area contributed by atoms with Gasteiger partial charge in [0.15, 0.2) is 0 Å². The molecule has 1 N–H and O–H groups in total. The first-order valence-electron chi connectivity index (χ1n) is 11.2. The van der Waals surface area contributed by atoms with Gasteiger partial charge in [0, 0.05) is 29.6 Å². The van der Waals surface area contributed by atoms with Crippen LogP contribution in [-0.2, 0) is 22.4 Å². The normalized spacial score (nSPS) is 23.1. The number of fused-ring (bicyclic) bond motifs is 4. The lowest BCUT2D eigenvalue weighted by Gasteiger charge is -2.37. The van der Waals surface area contributed by atoms with Gasteiger partial charge in [0.1, 0.15) is 22.5 Å². The molecule has 1 aliphatic carbocycles. The zero-order chi connectivity index (χ0) is 22.5. The Labute approximate surface area is 199 Å². The lowest BCUT2D eigenvalue weighted by Crippen LogP contribution is -2.50. The van der Waals surface area contributed by atoms with Gasteiger partial charge in [0.2, 0.25) is 5.91 Å². The van der Waals surface area contributed by atoms with Crippen LogP contribution in [0.4, 0.5) is 11.5 Å². The van der Waals surface area contributed by atoms with E-state index in [9.17, 15) is 4.79 Å². The van der Waals surface area contributed by atoms with E-state index in [1.807, 2.05) is 36.9 Å². The lowest BCUT2D eigenvalue weighted by molar-refractivity contribution is -0.147. The quantitative estimate of drug-likeness (QED) is 0.470. The Balaban J connectivity index is 1.27. The average molecular weight is 481 g/mol. The summed E-state index contributed by atoms with van der Waals surface area (Å²) in [5, 5.41) is 8.67. The standard InChI is InChI=1S/C23H24N6O2S2/c1-12-9-29(10-13(2)31-12)23(30)14-3-5-16-18(7-14)32-22-20(16)21(24-11-25-22)26-15-4-6-17-19(8-15)33-28-27-17/h4,6,8,11-14H,3,5,7,9-10H2,1-2H3,(H,24,25,26)/t12-,13+,14-/m0/s1. The van der Waals surface area contributed by atoms with E-state index < -0.39 is 0 Å². The van der Waals surface area contributed by atoms with E-state index in [-0.39, 0.29) is 24.0 Å². The van der Waals surface area contributed by atoms with Gasteiger partial charge in [-0.25, -0.2) is 9.97 Å². The Morgan fingerprint density at radius 3 is 2.91 bits per heavy atom. The summed E-state index contributed by atoms with van der Waals surface area (Å²) < 4.78 is 10.9. The highest BCUT2D eigenvalue weighted by Gasteiger charge is 2.34. The summed E-state index contributed by atoms with van der Waals surface area (Å²) in [6.07, 6.45) is 4.27. The zero-order valence-corrected chi connectivity index (χ0v) is 20.1. The maximum atomic E-state index is 13.3. The second-order valence-electron chi connectivity index (χ2n) is 8.93. The van der Waals surface area contributed by atoms with Crippen molar-refractivity contribution in [3.63, 3.8) is 0 Å². The molecule has 1 amide bonds. The topological polar surface area (TPSA) is 93.1 Å². The minimum atomic E-state index is 0.0219. The van der Waals surface area contributed by atoms with Crippen LogP contribution in [0.25, 0.3) is 20.4 Å². The highest BCUT2D eigenvalue weighted by molar-refractivity contribution is 7.19.